The molecule has 9 nitrogen and oxygen atoms in total. The van der Waals surface area contributed by atoms with Crippen molar-refractivity contribution in [1.29, 1.82) is 0 Å². The third kappa shape index (κ3) is 3.98. The van der Waals surface area contributed by atoms with Gasteiger partial charge < -0.3 is 15.7 Å². The lowest BCUT2D eigenvalue weighted by atomic mass is 10.2. The second-order valence-corrected chi connectivity index (χ2v) is 4.79. The topological polar surface area (TPSA) is 143 Å². The molecule has 0 aromatic heterocycles. The minimum absolute atomic E-state index is 0.107. The second kappa shape index (κ2) is 6.06. The Morgan fingerprint density at radius 3 is 2.70 bits per heavy atom. The summed E-state index contributed by atoms with van der Waals surface area (Å²) < 4.78 is 43.9. The van der Waals surface area contributed by atoms with Crippen molar-refractivity contribution < 1.29 is 27.5 Å². The predicted molar refractivity (Wildman–Crippen MR) is 67.0 cm³/mol. The number of rotatable bonds is 4. The van der Waals surface area contributed by atoms with Gasteiger partial charge in [0.2, 0.25) is 0 Å². The number of nitrogens with two attached hydrogens (primary N) is 1. The lowest BCUT2D eigenvalue weighted by Crippen LogP contribution is -2.35. The monoisotopic (exact) mass is 306 g/mol. The molecule has 0 bridgehead atoms. The summed E-state index contributed by atoms with van der Waals surface area (Å²) in [7, 11) is -3.26. The number of carbonyl (C=O) groups excluding carboxylic acids is 1. The Bertz CT molecular complexity index is 646. The van der Waals surface area contributed by atoms with Gasteiger partial charge in [0.1, 0.15) is 5.82 Å². The fourth-order valence-electron chi connectivity index (χ4n) is 1.17. The summed E-state index contributed by atoms with van der Waals surface area (Å²) in [5, 5.41) is 11.1. The van der Waals surface area contributed by atoms with E-state index in [-0.39, 0.29) is 11.3 Å². The summed E-state index contributed by atoms with van der Waals surface area (Å²) in [4.78, 5) is 10.8. The standard InChI is InChI=1S/C9H11FN4O5S/c1-19-9(15)14-20(17,18)13-5-2-3-7(10)6(4-5)8(11)12-16/h2-4,13,16H,1H3,(H2,11,12)(H,14,15). The molecule has 0 radical (unpaired) electrons. The average molecular weight is 306 g/mol. The Morgan fingerprint density at radius 2 is 2.15 bits per heavy atom. The Morgan fingerprint density at radius 1 is 1.50 bits per heavy atom. The van der Waals surface area contributed by atoms with Crippen LogP contribution in [-0.4, -0.2) is 32.7 Å². The molecule has 11 heteroatoms. The van der Waals surface area contributed by atoms with Gasteiger partial charge in [0, 0.05) is 0 Å². The summed E-state index contributed by atoms with van der Waals surface area (Å²) in [6, 6.07) is 2.98. The van der Waals surface area contributed by atoms with Crippen molar-refractivity contribution in [2.45, 2.75) is 0 Å². The Hall–Kier alpha value is -2.56. The van der Waals surface area contributed by atoms with Gasteiger partial charge in [-0.15, -0.1) is 0 Å². The molecule has 0 saturated heterocycles. The van der Waals surface area contributed by atoms with Crippen molar-refractivity contribution >= 4 is 27.8 Å². The third-order valence-corrected chi connectivity index (χ3v) is 2.95. The van der Waals surface area contributed by atoms with Crippen LogP contribution in [0, 0.1) is 5.82 Å². The highest BCUT2D eigenvalue weighted by molar-refractivity contribution is 7.91. The predicted octanol–water partition coefficient (Wildman–Crippen LogP) is -0.0671. The molecule has 0 atom stereocenters. The summed E-state index contributed by atoms with van der Waals surface area (Å²) in [5.74, 6) is -1.35. The van der Waals surface area contributed by atoms with Crippen molar-refractivity contribution in [3.05, 3.63) is 29.6 Å². The van der Waals surface area contributed by atoms with Gasteiger partial charge in [-0.25, -0.2) is 13.9 Å². The van der Waals surface area contributed by atoms with Gasteiger partial charge >= 0.3 is 16.3 Å². The van der Waals surface area contributed by atoms with Gasteiger partial charge in [0.15, 0.2) is 5.84 Å². The Balaban J connectivity index is 3.02. The number of benzene rings is 1. The number of amides is 1. The SMILES string of the molecule is COC(=O)NS(=O)(=O)Nc1ccc(F)c(/C(N)=N/O)c1. The lowest BCUT2D eigenvalue weighted by Gasteiger charge is -2.10. The highest BCUT2D eigenvalue weighted by atomic mass is 32.2. The van der Waals surface area contributed by atoms with Crippen LogP contribution >= 0.6 is 0 Å². The van der Waals surface area contributed by atoms with E-state index in [9.17, 15) is 17.6 Å². The van der Waals surface area contributed by atoms with Crippen LogP contribution in [0.3, 0.4) is 0 Å². The van der Waals surface area contributed by atoms with Gasteiger partial charge in [-0.1, -0.05) is 5.16 Å². The third-order valence-electron chi connectivity index (χ3n) is 2.01. The van der Waals surface area contributed by atoms with Gasteiger partial charge in [0.25, 0.3) is 0 Å². The molecule has 1 amide bonds. The maximum atomic E-state index is 13.4. The number of anilines is 1. The molecule has 1 rings (SSSR count). The Labute approximate surface area is 113 Å². The van der Waals surface area contributed by atoms with Crippen LogP contribution in [0.1, 0.15) is 5.56 Å². The number of amidine groups is 1. The van der Waals surface area contributed by atoms with Crippen LogP contribution in [0.4, 0.5) is 14.9 Å². The zero-order valence-electron chi connectivity index (χ0n) is 10.1. The number of methoxy groups -OCH3 is 1. The van der Waals surface area contributed by atoms with Crippen LogP contribution in [0.15, 0.2) is 23.4 Å². The number of ether oxygens (including phenoxy) is 1. The number of oxime groups is 1. The zero-order chi connectivity index (χ0) is 15.3. The molecule has 5 N–H and O–H groups in total. The average Bonchev–Trinajstić information content (AvgIpc) is 2.39. The number of hydrogen-bond acceptors (Lipinski definition) is 6. The first-order valence-corrected chi connectivity index (χ1v) is 6.43. The molecule has 110 valence electrons. The van der Waals surface area contributed by atoms with E-state index in [1.807, 2.05) is 4.72 Å². The molecule has 0 aliphatic heterocycles. The smallest absolute Gasteiger partial charge is 0.422 e. The van der Waals surface area contributed by atoms with E-state index in [0.29, 0.717) is 0 Å². The van der Waals surface area contributed by atoms with E-state index in [0.717, 1.165) is 25.3 Å². The summed E-state index contributed by atoms with van der Waals surface area (Å²) in [5.41, 5.74) is 4.80. The van der Waals surface area contributed by atoms with Crippen LogP contribution in [-0.2, 0) is 14.9 Å². The first-order chi connectivity index (χ1) is 9.29. The molecule has 20 heavy (non-hydrogen) atoms. The molecule has 0 saturated carbocycles. The molecule has 0 aliphatic rings. The first-order valence-electron chi connectivity index (χ1n) is 4.95. The normalized spacial score (nSPS) is 11.8. The van der Waals surface area contributed by atoms with Crippen molar-refractivity contribution in [2.24, 2.45) is 10.9 Å². The number of nitrogens with zero attached hydrogens (tertiary/aromatic N) is 1. The zero-order valence-corrected chi connectivity index (χ0v) is 10.9. The molecule has 0 aliphatic carbocycles. The minimum atomic E-state index is -4.25. The van der Waals surface area contributed by atoms with E-state index < -0.39 is 28.0 Å². The van der Waals surface area contributed by atoms with E-state index in [4.69, 9.17) is 10.9 Å². The van der Waals surface area contributed by atoms with Gasteiger partial charge in [0.05, 0.1) is 18.4 Å². The highest BCUT2D eigenvalue weighted by Gasteiger charge is 2.16. The quantitative estimate of drug-likeness (QED) is 0.265. The molecule has 0 unspecified atom stereocenters. The second-order valence-electron chi connectivity index (χ2n) is 3.38. The van der Waals surface area contributed by atoms with E-state index in [2.05, 4.69) is 9.89 Å². The maximum absolute atomic E-state index is 13.4. The molecule has 0 heterocycles. The fourth-order valence-corrected chi connectivity index (χ4v) is 1.96. The van der Waals surface area contributed by atoms with Crippen molar-refractivity contribution in [2.75, 3.05) is 11.8 Å². The molecular weight excluding hydrogens is 295 g/mol. The lowest BCUT2D eigenvalue weighted by molar-refractivity contribution is 0.177. The van der Waals surface area contributed by atoms with Gasteiger partial charge in [-0.2, -0.15) is 8.42 Å². The van der Waals surface area contributed by atoms with Crippen molar-refractivity contribution in [3.63, 3.8) is 0 Å². The highest BCUT2D eigenvalue weighted by Crippen LogP contribution is 2.15. The van der Waals surface area contributed by atoms with Gasteiger partial charge in [-0.05, 0) is 18.2 Å². The van der Waals surface area contributed by atoms with E-state index in [1.165, 1.54) is 4.72 Å². The molecule has 0 fully saturated rings. The van der Waals surface area contributed by atoms with Crippen molar-refractivity contribution in [3.8, 4) is 0 Å². The number of carbonyl (C=O) groups is 1. The first kappa shape index (κ1) is 15.5. The number of nitrogens with one attached hydrogen (secondary N) is 2. The number of halogens is 1. The van der Waals surface area contributed by atoms with E-state index >= 15 is 0 Å². The molecule has 0 spiro atoms. The van der Waals surface area contributed by atoms with Crippen LogP contribution in [0.25, 0.3) is 0 Å². The minimum Gasteiger partial charge on any atom is -0.452 e. The molecule has 1 aromatic carbocycles. The number of hydrogen-bond donors (Lipinski definition) is 4. The largest absolute Gasteiger partial charge is 0.452 e. The summed E-state index contributed by atoms with van der Waals surface area (Å²) in [6.45, 7) is 0. The van der Waals surface area contributed by atoms with Crippen LogP contribution in [0.2, 0.25) is 0 Å². The molecular formula is C9H11FN4O5S. The molecule has 1 aromatic rings. The van der Waals surface area contributed by atoms with Crippen LogP contribution < -0.4 is 15.2 Å². The van der Waals surface area contributed by atoms with Gasteiger partial charge in [-0.3, -0.25) is 4.72 Å². The fraction of sp³-hybridized carbons (Fsp3) is 0.111. The maximum Gasteiger partial charge on any atom is 0.422 e. The van der Waals surface area contributed by atoms with Crippen molar-refractivity contribution in [1.82, 2.24) is 4.72 Å². The van der Waals surface area contributed by atoms with Crippen LogP contribution in [0.5, 0.6) is 0 Å². The van der Waals surface area contributed by atoms with E-state index in [1.54, 1.807) is 0 Å². The Kier molecular flexibility index (Phi) is 4.69. The summed E-state index contributed by atoms with van der Waals surface area (Å²) >= 11 is 0. The summed E-state index contributed by atoms with van der Waals surface area (Å²) in [6.07, 6.45) is -1.20.